The summed E-state index contributed by atoms with van der Waals surface area (Å²) < 4.78 is 14.9. The molecule has 7 nitrogen and oxygen atoms in total. The van der Waals surface area contributed by atoms with Crippen LogP contribution >= 0.6 is 36.7 Å². The van der Waals surface area contributed by atoms with Crippen LogP contribution in [-0.4, -0.2) is 57.4 Å². The molecule has 0 spiro atoms. The summed E-state index contributed by atoms with van der Waals surface area (Å²) >= 11 is 16.3. The Morgan fingerprint density at radius 2 is 1.00 bits per heavy atom. The molecule has 10 heteroatoms. The number of ether oxygens (including phenoxy) is 3. The molecular formula is C24H30O7S3. The summed E-state index contributed by atoms with van der Waals surface area (Å²) in [5.74, 6) is -1.01. The maximum Gasteiger partial charge on any atom is 0.302 e. The van der Waals surface area contributed by atoms with Crippen LogP contribution in [0.1, 0.15) is 56.7 Å². The zero-order chi connectivity index (χ0) is 25.7. The maximum absolute atomic E-state index is 11.0. The minimum absolute atomic E-state index is 0.0965. The standard InChI is InChI=1S/C24H30O7S3/c1-15(25)29-7-4-21(32)12-18-10-19(13-22(33)5-8-30-16(2)26)24(28)20(11-18)14-23(34)6-9-31-17(3)27/h10-11,28H,4-9,12-14H2,1-3H3. The molecule has 0 fully saturated rings. The summed E-state index contributed by atoms with van der Waals surface area (Å²) in [6.45, 7) is 4.59. The fourth-order valence-corrected chi connectivity index (χ4v) is 3.77. The second-order valence-electron chi connectivity index (χ2n) is 7.68. The Morgan fingerprint density at radius 1 is 0.676 bits per heavy atom. The van der Waals surface area contributed by atoms with Gasteiger partial charge in [0.25, 0.3) is 0 Å². The van der Waals surface area contributed by atoms with Crippen LogP contribution in [-0.2, 0) is 47.9 Å². The average molecular weight is 527 g/mol. The molecule has 0 heterocycles. The Bertz CT molecular complexity index is 885. The summed E-state index contributed by atoms with van der Waals surface area (Å²) in [4.78, 5) is 34.9. The van der Waals surface area contributed by atoms with Gasteiger partial charge in [0.15, 0.2) is 0 Å². The number of thiocarbonyl (C=S) groups is 3. The molecule has 0 aliphatic carbocycles. The van der Waals surface area contributed by atoms with Gasteiger partial charge < -0.3 is 19.3 Å². The molecule has 34 heavy (non-hydrogen) atoms. The number of rotatable bonds is 15. The number of hydrogen-bond donors (Lipinski definition) is 1. The number of benzene rings is 1. The van der Waals surface area contributed by atoms with E-state index in [1.807, 2.05) is 12.1 Å². The van der Waals surface area contributed by atoms with Crippen molar-refractivity contribution < 1.29 is 33.7 Å². The van der Waals surface area contributed by atoms with Crippen molar-refractivity contribution in [3.63, 3.8) is 0 Å². The number of carbonyl (C=O) groups excluding carboxylic acids is 3. The predicted molar refractivity (Wildman–Crippen MR) is 141 cm³/mol. The first kappa shape index (κ1) is 29.7. The average Bonchev–Trinajstić information content (AvgIpc) is 2.70. The first-order chi connectivity index (χ1) is 16.0. The third-order valence-corrected chi connectivity index (χ3v) is 5.61. The van der Waals surface area contributed by atoms with Crippen molar-refractivity contribution in [2.45, 2.75) is 59.3 Å². The molecule has 0 atom stereocenters. The van der Waals surface area contributed by atoms with Crippen LogP contribution in [0.2, 0.25) is 0 Å². The van der Waals surface area contributed by atoms with Crippen molar-refractivity contribution >= 4 is 69.2 Å². The van der Waals surface area contributed by atoms with Crippen molar-refractivity contribution in [1.29, 1.82) is 0 Å². The lowest BCUT2D eigenvalue weighted by Gasteiger charge is -2.15. The van der Waals surface area contributed by atoms with Crippen LogP contribution in [0.4, 0.5) is 0 Å². The predicted octanol–water partition coefficient (Wildman–Crippen LogP) is 3.99. The zero-order valence-electron chi connectivity index (χ0n) is 19.6. The number of phenolic OH excluding ortho intramolecular Hbond substituents is 1. The molecule has 0 radical (unpaired) electrons. The normalized spacial score (nSPS) is 10.3. The second-order valence-corrected chi connectivity index (χ2v) is 9.41. The highest BCUT2D eigenvalue weighted by Gasteiger charge is 2.15. The van der Waals surface area contributed by atoms with Crippen LogP contribution < -0.4 is 0 Å². The minimum Gasteiger partial charge on any atom is -0.507 e. The zero-order valence-corrected chi connectivity index (χ0v) is 22.1. The Morgan fingerprint density at radius 3 is 1.32 bits per heavy atom. The number of esters is 3. The molecule has 0 aliphatic rings. The maximum atomic E-state index is 11.0. The number of aromatic hydroxyl groups is 1. The first-order valence-electron chi connectivity index (χ1n) is 10.8. The quantitative estimate of drug-likeness (QED) is 0.205. The molecule has 0 amide bonds. The second kappa shape index (κ2) is 15.6. The third kappa shape index (κ3) is 12.8. The van der Waals surface area contributed by atoms with Gasteiger partial charge in [0.2, 0.25) is 0 Å². The van der Waals surface area contributed by atoms with E-state index in [9.17, 15) is 19.5 Å². The van der Waals surface area contributed by atoms with Crippen LogP contribution in [0.3, 0.4) is 0 Å². The van der Waals surface area contributed by atoms with Crippen LogP contribution in [0.25, 0.3) is 0 Å². The van der Waals surface area contributed by atoms with Crippen molar-refractivity contribution in [1.82, 2.24) is 0 Å². The smallest absolute Gasteiger partial charge is 0.302 e. The fourth-order valence-electron chi connectivity index (χ4n) is 3.05. The summed E-state index contributed by atoms with van der Waals surface area (Å²) in [7, 11) is 0. The van der Waals surface area contributed by atoms with E-state index < -0.39 is 0 Å². The summed E-state index contributed by atoms with van der Waals surface area (Å²) in [5, 5.41) is 10.9. The Hall–Kier alpha value is -2.30. The van der Waals surface area contributed by atoms with Crippen molar-refractivity contribution in [3.8, 4) is 5.75 Å². The van der Waals surface area contributed by atoms with E-state index in [1.165, 1.54) is 20.8 Å². The molecule has 1 rings (SSSR count). The molecule has 0 aromatic heterocycles. The van der Waals surface area contributed by atoms with Crippen LogP contribution in [0, 0.1) is 0 Å². The molecule has 0 aliphatic heterocycles. The molecule has 1 N–H and O–H groups in total. The van der Waals surface area contributed by atoms with Gasteiger partial charge in [0, 0.05) is 73.9 Å². The highest BCUT2D eigenvalue weighted by molar-refractivity contribution is 7.80. The van der Waals surface area contributed by atoms with E-state index in [-0.39, 0.29) is 43.5 Å². The highest BCUT2D eigenvalue weighted by atomic mass is 32.1. The Labute approximate surface area is 216 Å². The van der Waals surface area contributed by atoms with Crippen molar-refractivity contribution in [3.05, 3.63) is 28.8 Å². The molecule has 0 saturated carbocycles. The summed E-state index contributed by atoms with van der Waals surface area (Å²) in [6, 6.07) is 3.69. The lowest BCUT2D eigenvalue weighted by atomic mass is 9.94. The largest absolute Gasteiger partial charge is 0.507 e. The first-order valence-corrected chi connectivity index (χ1v) is 12.0. The molecule has 0 saturated heterocycles. The highest BCUT2D eigenvalue weighted by Crippen LogP contribution is 2.28. The van der Waals surface area contributed by atoms with Gasteiger partial charge in [-0.05, 0) is 16.7 Å². The van der Waals surface area contributed by atoms with Gasteiger partial charge in [-0.2, -0.15) is 0 Å². The number of hydrogen-bond acceptors (Lipinski definition) is 10. The SMILES string of the molecule is CC(=O)OCCC(=S)Cc1cc(CC(=S)CCOC(C)=O)c(O)c(CC(=S)CCOC(C)=O)c1. The number of carbonyl (C=O) groups is 3. The van der Waals surface area contributed by atoms with Gasteiger partial charge in [0.05, 0.1) is 19.8 Å². The molecule has 0 bridgehead atoms. The Balaban J connectivity index is 3.00. The van der Waals surface area contributed by atoms with E-state index in [0.717, 1.165) is 5.56 Å². The fraction of sp³-hybridized carbons (Fsp3) is 0.500. The van der Waals surface area contributed by atoms with Crippen LogP contribution in [0.5, 0.6) is 5.75 Å². The summed E-state index contributed by atoms with van der Waals surface area (Å²) in [5.41, 5.74) is 2.14. The van der Waals surface area contributed by atoms with E-state index in [2.05, 4.69) is 0 Å². The molecular weight excluding hydrogens is 496 g/mol. The summed E-state index contributed by atoms with van der Waals surface area (Å²) in [6.07, 6.45) is 2.34. The van der Waals surface area contributed by atoms with Gasteiger partial charge in [-0.1, -0.05) is 48.8 Å². The van der Waals surface area contributed by atoms with Gasteiger partial charge in [-0.25, -0.2) is 0 Å². The third-order valence-electron chi connectivity index (χ3n) is 4.56. The monoisotopic (exact) mass is 526 g/mol. The van der Waals surface area contributed by atoms with E-state index in [1.54, 1.807) is 0 Å². The molecule has 1 aromatic carbocycles. The van der Waals surface area contributed by atoms with Gasteiger partial charge in [-0.3, -0.25) is 14.4 Å². The van der Waals surface area contributed by atoms with Gasteiger partial charge in [-0.15, -0.1) is 0 Å². The van der Waals surface area contributed by atoms with E-state index in [0.29, 0.717) is 64.2 Å². The van der Waals surface area contributed by atoms with Crippen LogP contribution in [0.15, 0.2) is 12.1 Å². The number of phenols is 1. The van der Waals surface area contributed by atoms with Gasteiger partial charge in [0.1, 0.15) is 5.75 Å². The van der Waals surface area contributed by atoms with E-state index in [4.69, 9.17) is 50.9 Å². The Kier molecular flexibility index (Phi) is 13.6. The lowest BCUT2D eigenvalue weighted by molar-refractivity contribution is -0.141. The van der Waals surface area contributed by atoms with E-state index >= 15 is 0 Å². The minimum atomic E-state index is -0.375. The molecule has 1 aromatic rings. The molecule has 186 valence electrons. The van der Waals surface area contributed by atoms with Gasteiger partial charge >= 0.3 is 17.9 Å². The topological polar surface area (TPSA) is 99.1 Å². The van der Waals surface area contributed by atoms with Crippen molar-refractivity contribution in [2.24, 2.45) is 0 Å². The van der Waals surface area contributed by atoms with Crippen molar-refractivity contribution in [2.75, 3.05) is 19.8 Å². The molecule has 0 unspecified atom stereocenters. The lowest BCUT2D eigenvalue weighted by Crippen LogP contribution is -2.12.